The van der Waals surface area contributed by atoms with Crippen molar-refractivity contribution in [1.82, 2.24) is 5.32 Å². The molecule has 1 unspecified atom stereocenters. The summed E-state index contributed by atoms with van der Waals surface area (Å²) in [4.78, 5) is 0. The lowest BCUT2D eigenvalue weighted by atomic mass is 10.0. The minimum atomic E-state index is -2.42. The molecule has 0 fully saturated rings. The van der Waals surface area contributed by atoms with Crippen LogP contribution in [0.1, 0.15) is 23.6 Å². The number of aryl methyl sites for hydroxylation is 1. The monoisotopic (exact) mass is 377 g/mol. The molecule has 0 aliphatic carbocycles. The molecule has 2 rings (SSSR count). The highest BCUT2D eigenvalue weighted by atomic mass is 32.2. The van der Waals surface area contributed by atoms with E-state index in [0.717, 1.165) is 23.3 Å². The van der Waals surface area contributed by atoms with E-state index in [-0.39, 0.29) is 12.6 Å². The summed E-state index contributed by atoms with van der Waals surface area (Å²) >= 11 is -2.42. The van der Waals surface area contributed by atoms with Crippen molar-refractivity contribution in [2.24, 2.45) is 0 Å². The maximum Gasteiger partial charge on any atom is 0.122 e. The van der Waals surface area contributed by atoms with Gasteiger partial charge >= 0.3 is 0 Å². The third kappa shape index (κ3) is 6.42. The van der Waals surface area contributed by atoms with Gasteiger partial charge in [-0.25, -0.2) is 0 Å². The molecule has 0 spiro atoms. The Hall–Kier alpha value is -1.93. The van der Waals surface area contributed by atoms with Crippen LogP contribution >= 0.6 is 0 Å². The fourth-order valence-electron chi connectivity index (χ4n) is 2.68. The number of ether oxygens (including phenoxy) is 1. The second kappa shape index (κ2) is 10.3. The van der Waals surface area contributed by atoms with E-state index in [1.807, 2.05) is 37.3 Å². The number of anilines is 1. The average molecular weight is 377 g/mol. The number of aliphatic hydroxyl groups is 1. The highest BCUT2D eigenvalue weighted by molar-refractivity contribution is 7.80. The molecule has 0 aliphatic rings. The maximum atomic E-state index is 10.9. The summed E-state index contributed by atoms with van der Waals surface area (Å²) in [6.07, 6.45) is 0.732. The second-order valence-corrected chi connectivity index (χ2v) is 6.83. The van der Waals surface area contributed by atoms with Crippen LogP contribution in [0.4, 0.5) is 5.69 Å². The summed E-state index contributed by atoms with van der Waals surface area (Å²) in [5.74, 6) is 0.892. The van der Waals surface area contributed by atoms with Gasteiger partial charge in [0.05, 0.1) is 12.3 Å². The van der Waals surface area contributed by atoms with Crippen LogP contribution in [0.3, 0.4) is 0 Å². The molecule has 0 aromatic heterocycles. The Morgan fingerprint density at radius 2 is 2.04 bits per heavy atom. The molecule has 0 heterocycles. The van der Waals surface area contributed by atoms with Gasteiger partial charge in [0.25, 0.3) is 0 Å². The molecule has 7 heteroatoms. The summed E-state index contributed by atoms with van der Waals surface area (Å²) in [5, 5.41) is 12.7. The van der Waals surface area contributed by atoms with Crippen molar-refractivity contribution in [3.8, 4) is 5.75 Å². The van der Waals surface area contributed by atoms with Crippen molar-refractivity contribution in [3.05, 3.63) is 59.2 Å². The first-order valence-corrected chi connectivity index (χ1v) is 9.57. The molecule has 2 atom stereocenters. The summed E-state index contributed by atoms with van der Waals surface area (Å²) in [6, 6.07) is 13.5. The van der Waals surface area contributed by atoms with Crippen LogP contribution in [0.25, 0.3) is 0 Å². The molecule has 0 radical (unpaired) electrons. The zero-order chi connectivity index (χ0) is 18.9. The van der Waals surface area contributed by atoms with E-state index < -0.39 is 11.3 Å². The Bertz CT molecular complexity index is 739. The van der Waals surface area contributed by atoms with Crippen molar-refractivity contribution >= 4 is 17.0 Å². The van der Waals surface area contributed by atoms with Gasteiger partial charge in [0.1, 0.15) is 12.4 Å². The molecule has 0 amide bonds. The van der Waals surface area contributed by atoms with Crippen molar-refractivity contribution < 1.29 is 18.6 Å². The van der Waals surface area contributed by atoms with Gasteiger partial charge in [-0.2, -0.15) is 0 Å². The Balaban J connectivity index is 1.82. The maximum absolute atomic E-state index is 10.9. The van der Waals surface area contributed by atoms with E-state index in [0.29, 0.717) is 24.4 Å². The van der Waals surface area contributed by atoms with Crippen molar-refractivity contribution in [3.63, 3.8) is 0 Å². The first-order valence-electron chi connectivity index (χ1n) is 8.50. The van der Waals surface area contributed by atoms with E-state index in [2.05, 4.69) is 17.0 Å². The summed E-state index contributed by atoms with van der Waals surface area (Å²) in [7, 11) is 0. The van der Waals surface area contributed by atoms with Gasteiger partial charge in [0, 0.05) is 29.4 Å². The van der Waals surface area contributed by atoms with Crippen LogP contribution in [-0.4, -0.2) is 33.1 Å². The number of para-hydroxylation sites is 1. The van der Waals surface area contributed by atoms with E-state index in [4.69, 9.17) is 4.74 Å². The molecule has 0 aliphatic heterocycles. The van der Waals surface area contributed by atoms with Crippen LogP contribution in [-0.2, 0) is 24.3 Å². The van der Waals surface area contributed by atoms with Gasteiger partial charge in [-0.3, -0.25) is 4.21 Å². The standard InChI is InChI=1S/C19H26N2O4S/c1-14-5-3-4-6-19(14)25-10-9-20-15(2)11-16-7-8-17(13-22)18(12-16)21-26(23)24/h3-8,12,15,20-22H,9-11,13H2,1-2H3,(H,23,24)/p-1/t15-/m1/s1. The SMILES string of the molecule is Cc1ccccc1OCCN[C@H](C)Cc1ccc(CO)c(NS(=O)[O-])c1. The minimum absolute atomic E-state index is 0.195. The lowest BCUT2D eigenvalue weighted by molar-refractivity contribution is 0.282. The molecular formula is C19H25N2O4S-. The van der Waals surface area contributed by atoms with Crippen LogP contribution in [0.15, 0.2) is 42.5 Å². The smallest absolute Gasteiger partial charge is 0.122 e. The van der Waals surface area contributed by atoms with Crippen molar-refractivity contribution in [2.75, 3.05) is 17.9 Å². The zero-order valence-corrected chi connectivity index (χ0v) is 15.8. The quantitative estimate of drug-likeness (QED) is 0.436. The van der Waals surface area contributed by atoms with E-state index in [1.165, 1.54) is 0 Å². The first kappa shape index (κ1) is 20.4. The number of benzene rings is 2. The Kier molecular flexibility index (Phi) is 8.06. The lowest BCUT2D eigenvalue weighted by Gasteiger charge is -2.17. The molecule has 6 nitrogen and oxygen atoms in total. The van der Waals surface area contributed by atoms with Gasteiger partial charge in [-0.1, -0.05) is 30.3 Å². The van der Waals surface area contributed by atoms with Crippen molar-refractivity contribution in [1.29, 1.82) is 0 Å². The minimum Gasteiger partial charge on any atom is -0.755 e. The van der Waals surface area contributed by atoms with Gasteiger partial charge in [0.2, 0.25) is 0 Å². The van der Waals surface area contributed by atoms with Crippen LogP contribution in [0.2, 0.25) is 0 Å². The average Bonchev–Trinajstić information content (AvgIpc) is 2.60. The summed E-state index contributed by atoms with van der Waals surface area (Å²) in [5.41, 5.74) is 3.05. The van der Waals surface area contributed by atoms with Gasteiger partial charge in [-0.05, 0) is 43.5 Å². The predicted octanol–water partition coefficient (Wildman–Crippen LogP) is 2.29. The predicted molar refractivity (Wildman–Crippen MR) is 103 cm³/mol. The lowest BCUT2D eigenvalue weighted by Crippen LogP contribution is -2.31. The molecule has 3 N–H and O–H groups in total. The van der Waals surface area contributed by atoms with E-state index >= 15 is 0 Å². The fourth-order valence-corrected chi connectivity index (χ4v) is 3.05. The number of aliphatic hydroxyl groups excluding tert-OH is 1. The normalized spacial score (nSPS) is 13.2. The fraction of sp³-hybridized carbons (Fsp3) is 0.368. The Morgan fingerprint density at radius 1 is 1.27 bits per heavy atom. The van der Waals surface area contributed by atoms with E-state index in [1.54, 1.807) is 12.1 Å². The van der Waals surface area contributed by atoms with Crippen LogP contribution < -0.4 is 14.8 Å². The number of rotatable bonds is 10. The molecule has 0 saturated heterocycles. The van der Waals surface area contributed by atoms with E-state index in [9.17, 15) is 13.9 Å². The molecule has 142 valence electrons. The number of hydrogen-bond acceptors (Lipinski definition) is 5. The second-order valence-electron chi connectivity index (χ2n) is 6.16. The van der Waals surface area contributed by atoms with Gasteiger partial charge < -0.3 is 24.4 Å². The van der Waals surface area contributed by atoms with Crippen LogP contribution in [0, 0.1) is 6.92 Å². The summed E-state index contributed by atoms with van der Waals surface area (Å²) < 4.78 is 29.8. The van der Waals surface area contributed by atoms with Gasteiger partial charge in [-0.15, -0.1) is 0 Å². The number of hydrogen-bond donors (Lipinski definition) is 3. The first-order chi connectivity index (χ1) is 12.5. The summed E-state index contributed by atoms with van der Waals surface area (Å²) in [6.45, 7) is 5.14. The Morgan fingerprint density at radius 3 is 2.73 bits per heavy atom. The molecular weight excluding hydrogens is 352 g/mol. The Labute approximate surface area is 157 Å². The largest absolute Gasteiger partial charge is 0.755 e. The van der Waals surface area contributed by atoms with Gasteiger partial charge in [0.15, 0.2) is 0 Å². The molecule has 26 heavy (non-hydrogen) atoms. The van der Waals surface area contributed by atoms with Crippen LogP contribution in [0.5, 0.6) is 5.75 Å². The topological polar surface area (TPSA) is 93.7 Å². The molecule has 2 aromatic carbocycles. The third-order valence-electron chi connectivity index (χ3n) is 4.03. The number of nitrogens with one attached hydrogen (secondary N) is 2. The molecule has 0 saturated carbocycles. The zero-order valence-electron chi connectivity index (χ0n) is 15.0. The molecule has 0 bridgehead atoms. The molecule has 2 aromatic rings. The highest BCUT2D eigenvalue weighted by Gasteiger charge is 2.07. The highest BCUT2D eigenvalue weighted by Crippen LogP contribution is 2.19. The van der Waals surface area contributed by atoms with Crippen molar-refractivity contribution in [2.45, 2.75) is 32.9 Å². The third-order valence-corrected chi connectivity index (χ3v) is 4.41.